The number of hydrogen-bond acceptors (Lipinski definition) is 9. The molecule has 5 aliphatic heterocycles. The highest BCUT2D eigenvalue weighted by Gasteiger charge is 2.43. The van der Waals surface area contributed by atoms with Crippen molar-refractivity contribution in [2.45, 2.75) is 47.0 Å². The van der Waals surface area contributed by atoms with Crippen LogP contribution in [-0.2, 0) is 19.1 Å². The number of hydrogen-bond donors (Lipinski definition) is 2. The Kier molecular flexibility index (Phi) is 6.32. The minimum Gasteiger partial charge on any atom is -0.515 e. The van der Waals surface area contributed by atoms with Gasteiger partial charge in [0.05, 0.1) is 47.6 Å². The van der Waals surface area contributed by atoms with Crippen molar-refractivity contribution in [1.82, 2.24) is 5.32 Å². The van der Waals surface area contributed by atoms with Crippen molar-refractivity contribution < 1.29 is 24.2 Å². The summed E-state index contributed by atoms with van der Waals surface area (Å²) in [7, 11) is 1.38. The van der Waals surface area contributed by atoms with Crippen LogP contribution in [0.1, 0.15) is 47.0 Å². The van der Waals surface area contributed by atoms with Gasteiger partial charge in [-0.2, -0.15) is 0 Å². The van der Waals surface area contributed by atoms with Gasteiger partial charge < -0.3 is 15.2 Å². The second-order valence-electron chi connectivity index (χ2n) is 11.0. The number of carbonyl (C=O) groups excluding carboxylic acids is 3. The molecule has 208 valence electrons. The Hall–Kier alpha value is -4.66. The predicted octanol–water partition coefficient (Wildman–Crippen LogP) is 4.60. The van der Waals surface area contributed by atoms with Crippen LogP contribution >= 0.6 is 0 Å². The van der Waals surface area contributed by atoms with Crippen molar-refractivity contribution in [3.8, 4) is 0 Å². The number of carbonyl (C=O) groups is 3. The molecule has 2 N–H and O–H groups in total. The van der Waals surface area contributed by atoms with E-state index in [1.165, 1.54) is 7.11 Å². The van der Waals surface area contributed by atoms with Crippen LogP contribution in [-0.4, -0.2) is 47.4 Å². The van der Waals surface area contributed by atoms with E-state index in [9.17, 15) is 19.5 Å². The smallest absolute Gasteiger partial charge is 0.305 e. The summed E-state index contributed by atoms with van der Waals surface area (Å²) in [5, 5.41) is 13.7. The maximum Gasteiger partial charge on any atom is 0.305 e. The van der Waals surface area contributed by atoms with E-state index in [1.54, 1.807) is 12.2 Å². The number of rotatable bonds is 4. The second-order valence-corrected chi connectivity index (χ2v) is 11.0. The molecule has 8 bridgehead atoms. The van der Waals surface area contributed by atoms with Crippen LogP contribution in [0.25, 0.3) is 0 Å². The van der Waals surface area contributed by atoms with E-state index in [1.807, 2.05) is 26.8 Å². The fraction of sp³-hybridized carbons (Fsp3) is 0.312. The first kappa shape index (κ1) is 26.6. The van der Waals surface area contributed by atoms with Gasteiger partial charge in [-0.1, -0.05) is 6.92 Å². The van der Waals surface area contributed by atoms with Gasteiger partial charge >= 0.3 is 5.97 Å². The Labute approximate surface area is 237 Å². The molecule has 41 heavy (non-hydrogen) atoms. The Morgan fingerprint density at radius 2 is 1.80 bits per heavy atom. The van der Waals surface area contributed by atoms with Gasteiger partial charge in [0.2, 0.25) is 0 Å². The summed E-state index contributed by atoms with van der Waals surface area (Å²) in [5.74, 6) is -0.397. The summed E-state index contributed by atoms with van der Waals surface area (Å²) < 4.78 is 4.92. The molecule has 0 aromatic carbocycles. The number of methoxy groups -OCH3 is 1. The Morgan fingerprint density at radius 3 is 2.51 bits per heavy atom. The van der Waals surface area contributed by atoms with E-state index in [2.05, 4.69) is 12.2 Å². The minimum atomic E-state index is -0.292. The van der Waals surface area contributed by atoms with Gasteiger partial charge in [0.1, 0.15) is 0 Å². The third-order valence-electron chi connectivity index (χ3n) is 8.78. The van der Waals surface area contributed by atoms with Crippen molar-refractivity contribution in [1.29, 1.82) is 0 Å². The summed E-state index contributed by atoms with van der Waals surface area (Å²) >= 11 is 0. The summed E-state index contributed by atoms with van der Waals surface area (Å²) in [5.41, 5.74) is 9.87. The monoisotopic (exact) mass is 550 g/mol. The molecule has 1 aliphatic carbocycles. The van der Waals surface area contributed by atoms with Gasteiger partial charge in [-0.05, 0) is 62.1 Å². The molecule has 2 atom stereocenters. The number of aldehydes is 1. The largest absolute Gasteiger partial charge is 0.515 e. The molecule has 1 saturated heterocycles. The van der Waals surface area contributed by atoms with Crippen molar-refractivity contribution in [2.75, 3.05) is 7.11 Å². The average Bonchev–Trinajstić information content (AvgIpc) is 3.70. The number of esters is 1. The third kappa shape index (κ3) is 4.06. The first-order valence-corrected chi connectivity index (χ1v) is 13.6. The zero-order chi connectivity index (χ0) is 29.2. The predicted molar refractivity (Wildman–Crippen MR) is 155 cm³/mol. The van der Waals surface area contributed by atoms with Crippen molar-refractivity contribution in [3.63, 3.8) is 0 Å². The molecular weight excluding hydrogens is 520 g/mol. The van der Waals surface area contributed by atoms with E-state index in [4.69, 9.17) is 19.7 Å². The molecule has 9 nitrogen and oxygen atoms in total. The molecule has 0 amide bonds. The number of ketones is 1. The highest BCUT2D eigenvalue weighted by Crippen LogP contribution is 2.45. The SMILES string of the molecule is COC(=O)CC[C@@H]1C2=C3CC(=O)C4=C(C)C(=CC5=NC(=CC6=NC(=C(C)/C6=C\O)C=C(N2)[C@H]1C)C(C)=C5C=O)N=C34. The molecule has 6 aliphatic rings. The van der Waals surface area contributed by atoms with Crippen LogP contribution in [0, 0.1) is 11.8 Å². The zero-order valence-corrected chi connectivity index (χ0v) is 23.6. The number of ether oxygens (including phenoxy) is 1. The molecule has 9 heteroatoms. The number of aliphatic imine (C=N–C) groups is 3. The van der Waals surface area contributed by atoms with Crippen LogP contribution < -0.4 is 5.32 Å². The van der Waals surface area contributed by atoms with Gasteiger partial charge in [0.25, 0.3) is 0 Å². The van der Waals surface area contributed by atoms with Gasteiger partial charge in [-0.15, -0.1) is 0 Å². The van der Waals surface area contributed by atoms with Gasteiger partial charge in [-0.25, -0.2) is 15.0 Å². The Balaban J connectivity index is 1.61. The normalized spacial score (nSPS) is 25.9. The highest BCUT2D eigenvalue weighted by molar-refractivity contribution is 6.38. The van der Waals surface area contributed by atoms with Crippen molar-refractivity contribution in [3.05, 3.63) is 92.0 Å². The van der Waals surface area contributed by atoms with E-state index in [0.29, 0.717) is 62.9 Å². The lowest BCUT2D eigenvalue weighted by Crippen LogP contribution is -2.15. The zero-order valence-electron chi connectivity index (χ0n) is 23.6. The minimum absolute atomic E-state index is 0.00976. The molecule has 0 aromatic rings. The Morgan fingerprint density at radius 1 is 1.07 bits per heavy atom. The lowest BCUT2D eigenvalue weighted by Gasteiger charge is -2.17. The lowest BCUT2D eigenvalue weighted by molar-refractivity contribution is -0.140. The van der Waals surface area contributed by atoms with Crippen LogP contribution in [0.15, 0.2) is 107 Å². The molecule has 5 heterocycles. The fourth-order valence-corrected chi connectivity index (χ4v) is 6.31. The summed E-state index contributed by atoms with van der Waals surface area (Å²) in [6, 6.07) is 0. The van der Waals surface area contributed by atoms with E-state index in [-0.39, 0.29) is 36.4 Å². The number of aliphatic hydroxyl groups is 1. The lowest BCUT2D eigenvalue weighted by atomic mass is 9.86. The van der Waals surface area contributed by atoms with Crippen LogP contribution in [0.5, 0.6) is 0 Å². The number of allylic oxidation sites excluding steroid dienone is 12. The number of nitrogens with zero attached hydrogens (tertiary/aromatic N) is 3. The summed E-state index contributed by atoms with van der Waals surface area (Å²) in [4.78, 5) is 52.1. The molecule has 0 aromatic heterocycles. The third-order valence-corrected chi connectivity index (χ3v) is 8.78. The van der Waals surface area contributed by atoms with Crippen LogP contribution in [0.4, 0.5) is 0 Å². The first-order chi connectivity index (χ1) is 19.7. The molecule has 0 unspecified atom stereocenters. The molecule has 6 rings (SSSR count). The summed E-state index contributed by atoms with van der Waals surface area (Å²) in [6.45, 7) is 7.67. The van der Waals surface area contributed by atoms with E-state index >= 15 is 0 Å². The molecule has 0 spiro atoms. The molecule has 1 saturated carbocycles. The second kappa shape index (κ2) is 9.76. The quantitative estimate of drug-likeness (QED) is 0.299. The Bertz CT molecular complexity index is 1710. The van der Waals surface area contributed by atoms with Crippen LogP contribution in [0.2, 0.25) is 0 Å². The van der Waals surface area contributed by atoms with Gasteiger partial charge in [0.15, 0.2) is 12.1 Å². The standard InChI is InChI=1S/C32H30N4O5/c1-14-18(6-7-29(40)41-5)31-19-8-28(39)30-17(4)25(36-32(19)30)11-27-21(13-38)16(3)23(34-27)10-26-20(12-37)15(2)22(33-26)9-24(14)35-31/h9-14,18,35,37H,6-8H2,1-5H3/b20-12+,23-10?,24-9?,25-11?,31-19?/t14-,18-/m0/s1. The highest BCUT2D eigenvalue weighted by atomic mass is 16.5. The average molecular weight is 551 g/mol. The number of fused-ring (bicyclic) bond motifs is 5. The van der Waals surface area contributed by atoms with Gasteiger partial charge in [0, 0.05) is 58.4 Å². The maximum absolute atomic E-state index is 13.3. The topological polar surface area (TPSA) is 130 Å². The molecular formula is C32H30N4O5. The first-order valence-electron chi connectivity index (χ1n) is 13.6. The van der Waals surface area contributed by atoms with Gasteiger partial charge in [-0.3, -0.25) is 14.4 Å². The maximum atomic E-state index is 13.3. The number of Topliss-reactive ketones (excluding diaryl/α,β-unsaturated/α-hetero) is 1. The summed E-state index contributed by atoms with van der Waals surface area (Å²) in [6.07, 6.45) is 8.28. The number of aliphatic hydroxyl groups excluding tert-OH is 1. The fourth-order valence-electron chi connectivity index (χ4n) is 6.31. The van der Waals surface area contributed by atoms with Crippen molar-refractivity contribution >= 4 is 35.2 Å². The van der Waals surface area contributed by atoms with E-state index < -0.39 is 0 Å². The van der Waals surface area contributed by atoms with Crippen LogP contribution in [0.3, 0.4) is 0 Å². The number of nitrogens with one attached hydrogen (secondary N) is 1. The van der Waals surface area contributed by atoms with E-state index in [0.717, 1.165) is 40.7 Å². The molecule has 2 fully saturated rings. The van der Waals surface area contributed by atoms with Crippen molar-refractivity contribution in [2.24, 2.45) is 26.8 Å². The molecule has 0 radical (unpaired) electrons.